The van der Waals surface area contributed by atoms with Gasteiger partial charge in [-0.15, -0.1) is 0 Å². The number of Topliss-reactive ketones (excluding diaryl/α,β-unsaturated/α-hetero) is 1. The lowest BCUT2D eigenvalue weighted by Crippen LogP contribution is -2.67. The van der Waals surface area contributed by atoms with Crippen LogP contribution in [0.4, 0.5) is 0 Å². The zero-order valence-corrected chi connectivity index (χ0v) is 33.0. The molecule has 0 amide bonds. The van der Waals surface area contributed by atoms with Crippen LogP contribution in [0.25, 0.3) is 0 Å². The summed E-state index contributed by atoms with van der Waals surface area (Å²) in [6.45, 7) is 14.3. The summed E-state index contributed by atoms with van der Waals surface area (Å²) < 4.78 is 43.5. The Kier molecular flexibility index (Phi) is 13.4. The fourth-order valence-electron chi connectivity index (χ4n) is 8.87. The van der Waals surface area contributed by atoms with E-state index in [0.717, 1.165) is 0 Å². The third-order valence-electron chi connectivity index (χ3n) is 12.1. The van der Waals surface area contributed by atoms with Crippen molar-refractivity contribution in [3.05, 3.63) is 0 Å². The molecule has 4 saturated heterocycles. The van der Waals surface area contributed by atoms with Crippen molar-refractivity contribution in [2.45, 2.75) is 172 Å². The predicted molar refractivity (Wildman–Crippen MR) is 185 cm³/mol. The lowest BCUT2D eigenvalue weighted by Gasteiger charge is -2.55. The molecule has 4 rings (SSSR count). The lowest BCUT2D eigenvalue weighted by molar-refractivity contribution is -0.474. The normalized spacial score (nSPS) is 51.5. The first-order chi connectivity index (χ1) is 23.9. The van der Waals surface area contributed by atoms with Gasteiger partial charge in [0.15, 0.2) is 6.29 Å². The molecule has 302 valence electrons. The number of hydrogen-bond donors (Lipinski definition) is 5. The van der Waals surface area contributed by atoms with Crippen LogP contribution in [0, 0.1) is 23.7 Å². The number of ketones is 1. The number of fused-ring (bicyclic) bond motifs is 1. The minimum absolute atomic E-state index is 0.0939. The SMILES string of the molecule is CC[C@H]1OC(=O)[C@@H]2COC3(C[C@@](C)(OC)[C@@H](O)[C@H](C)O3)O[C@H]2[C@H](C)[C@@H](O[C@@H]2O[C@H](C)C[C@H](N(C)C)[C@H]2O)[C@](C)(O)C[C@@H](C)C(=O)[C@H](C)[C@@H](O)[C@]1(C)O. The van der Waals surface area contributed by atoms with Gasteiger partial charge in [-0.3, -0.25) is 9.59 Å². The van der Waals surface area contributed by atoms with Crippen molar-refractivity contribution in [1.29, 1.82) is 0 Å². The highest BCUT2D eigenvalue weighted by molar-refractivity contribution is 5.83. The van der Waals surface area contributed by atoms with Gasteiger partial charge in [0, 0.05) is 30.9 Å². The van der Waals surface area contributed by atoms with E-state index in [9.17, 15) is 35.1 Å². The summed E-state index contributed by atoms with van der Waals surface area (Å²) in [4.78, 5) is 30.0. The van der Waals surface area contributed by atoms with Crippen molar-refractivity contribution in [1.82, 2.24) is 4.90 Å². The number of carbonyl (C=O) groups is 2. The smallest absolute Gasteiger partial charge is 0.314 e. The number of ether oxygens (including phenoxy) is 7. The summed E-state index contributed by atoms with van der Waals surface area (Å²) in [7, 11) is 5.14. The molecule has 0 aromatic heterocycles. The molecule has 0 aromatic rings. The monoisotopic (exact) mass is 747 g/mol. The second-order valence-corrected chi connectivity index (χ2v) is 16.8. The van der Waals surface area contributed by atoms with Gasteiger partial charge in [-0.1, -0.05) is 27.7 Å². The summed E-state index contributed by atoms with van der Waals surface area (Å²) in [5, 5.41) is 57.9. The molecular weight excluding hydrogens is 682 g/mol. The Bertz CT molecular complexity index is 1250. The van der Waals surface area contributed by atoms with Gasteiger partial charge in [0.25, 0.3) is 5.97 Å². The van der Waals surface area contributed by atoms with E-state index >= 15 is 0 Å². The Morgan fingerprint density at radius 3 is 2.17 bits per heavy atom. The summed E-state index contributed by atoms with van der Waals surface area (Å²) >= 11 is 0. The lowest BCUT2D eigenvalue weighted by atomic mass is 9.73. The zero-order chi connectivity index (χ0) is 39.3. The number of hydrogen-bond acceptors (Lipinski definition) is 15. The van der Waals surface area contributed by atoms with E-state index in [4.69, 9.17) is 33.2 Å². The summed E-state index contributed by atoms with van der Waals surface area (Å²) in [5.41, 5.74) is -5.03. The molecule has 52 heavy (non-hydrogen) atoms. The molecule has 1 spiro atoms. The Hall–Kier alpha value is -1.34. The molecule has 0 saturated carbocycles. The second kappa shape index (κ2) is 16.0. The number of esters is 1. The van der Waals surface area contributed by atoms with Gasteiger partial charge >= 0.3 is 5.97 Å². The molecule has 1 unspecified atom stereocenters. The first-order valence-electron chi connectivity index (χ1n) is 18.7. The van der Waals surface area contributed by atoms with E-state index in [0.29, 0.717) is 6.42 Å². The number of nitrogens with zero attached hydrogens (tertiary/aromatic N) is 1. The van der Waals surface area contributed by atoms with Gasteiger partial charge in [0.2, 0.25) is 0 Å². The van der Waals surface area contributed by atoms with E-state index in [1.54, 1.807) is 34.6 Å². The summed E-state index contributed by atoms with van der Waals surface area (Å²) in [6, 6.07) is -0.338. The molecular formula is C37H65NO14. The highest BCUT2D eigenvalue weighted by Gasteiger charge is 2.61. The maximum absolute atomic E-state index is 14.2. The third kappa shape index (κ3) is 8.41. The fourth-order valence-corrected chi connectivity index (χ4v) is 8.87. The molecule has 4 aliphatic rings. The number of methoxy groups -OCH3 is 1. The maximum Gasteiger partial charge on any atom is 0.314 e. The van der Waals surface area contributed by atoms with Crippen molar-refractivity contribution in [3.8, 4) is 0 Å². The van der Waals surface area contributed by atoms with Crippen LogP contribution < -0.4 is 0 Å². The Labute approximate surface area is 308 Å². The van der Waals surface area contributed by atoms with Crippen molar-refractivity contribution in [2.24, 2.45) is 23.7 Å². The van der Waals surface area contributed by atoms with Crippen LogP contribution in [-0.4, -0.2) is 154 Å². The number of rotatable bonds is 5. The van der Waals surface area contributed by atoms with Crippen LogP contribution in [0.1, 0.15) is 88.0 Å². The van der Waals surface area contributed by atoms with Gasteiger partial charge in [-0.05, 0) is 68.0 Å². The van der Waals surface area contributed by atoms with Crippen LogP contribution in [0.2, 0.25) is 0 Å². The molecule has 4 fully saturated rings. The Morgan fingerprint density at radius 2 is 1.60 bits per heavy atom. The minimum Gasteiger partial charge on any atom is -0.459 e. The molecule has 5 N–H and O–H groups in total. The van der Waals surface area contributed by atoms with E-state index in [1.807, 2.05) is 25.9 Å². The van der Waals surface area contributed by atoms with Gasteiger partial charge in [0.1, 0.15) is 41.2 Å². The fraction of sp³-hybridized carbons (Fsp3) is 0.946. The van der Waals surface area contributed by atoms with E-state index in [-0.39, 0.29) is 38.0 Å². The van der Waals surface area contributed by atoms with E-state index < -0.39 is 107 Å². The van der Waals surface area contributed by atoms with Crippen molar-refractivity contribution in [2.75, 3.05) is 27.8 Å². The largest absolute Gasteiger partial charge is 0.459 e. The Morgan fingerprint density at radius 1 is 0.962 bits per heavy atom. The minimum atomic E-state index is -2.03. The molecule has 0 aromatic carbocycles. The van der Waals surface area contributed by atoms with Gasteiger partial charge in [-0.2, -0.15) is 0 Å². The average Bonchev–Trinajstić information content (AvgIpc) is 3.07. The molecule has 0 bridgehead atoms. The summed E-state index contributed by atoms with van der Waals surface area (Å²) in [5.74, 6) is -7.05. The molecule has 4 heterocycles. The third-order valence-corrected chi connectivity index (χ3v) is 12.1. The first-order valence-corrected chi connectivity index (χ1v) is 18.7. The van der Waals surface area contributed by atoms with Crippen molar-refractivity contribution in [3.63, 3.8) is 0 Å². The molecule has 0 radical (unpaired) electrons. The molecule has 15 nitrogen and oxygen atoms in total. The molecule has 0 aliphatic carbocycles. The van der Waals surface area contributed by atoms with Crippen LogP contribution in [0.3, 0.4) is 0 Å². The van der Waals surface area contributed by atoms with E-state index in [1.165, 1.54) is 27.9 Å². The molecule has 18 atom stereocenters. The van der Waals surface area contributed by atoms with Crippen molar-refractivity contribution < 1.29 is 68.3 Å². The second-order valence-electron chi connectivity index (χ2n) is 16.8. The topological polar surface area (TPSA) is 203 Å². The van der Waals surface area contributed by atoms with E-state index in [2.05, 4.69) is 0 Å². The van der Waals surface area contributed by atoms with Crippen LogP contribution in [0.5, 0.6) is 0 Å². The first kappa shape index (κ1) is 43.4. The number of carbonyl (C=O) groups excluding carboxylic acids is 2. The molecule has 4 aliphatic heterocycles. The molecule has 15 heteroatoms. The highest BCUT2D eigenvalue weighted by atomic mass is 16.9. The number of aliphatic hydroxyl groups excluding tert-OH is 3. The maximum atomic E-state index is 14.2. The highest BCUT2D eigenvalue weighted by Crippen LogP contribution is 2.47. The van der Waals surface area contributed by atoms with Gasteiger partial charge in [0.05, 0.1) is 49.1 Å². The van der Waals surface area contributed by atoms with Gasteiger partial charge < -0.3 is 63.6 Å². The average molecular weight is 748 g/mol. The van der Waals surface area contributed by atoms with Crippen LogP contribution in [0.15, 0.2) is 0 Å². The summed E-state index contributed by atoms with van der Waals surface area (Å²) in [6.07, 6.45) is -9.39. The van der Waals surface area contributed by atoms with Crippen molar-refractivity contribution >= 4 is 11.8 Å². The van der Waals surface area contributed by atoms with Crippen LogP contribution >= 0.6 is 0 Å². The quantitative estimate of drug-likeness (QED) is 0.250. The standard InChI is InChI=1S/C37H65NO14/c1-13-25-36(9,45)29(41)20(4)26(39)18(2)15-34(7,44)31(50-33-27(40)24(38(10)11)14-19(3)48-33)21(5)28-23(32(43)49-25)16-47-37(52-28)17-35(8,46-12)30(42)22(6)51-37/h18-25,27-31,33,40-42,44-45H,13-17H2,1-12H3/t18-,19-,20+,21+,22+,23-,24+,25-,27-,28+,29-,30+,31-,33+,34-,35-,36-,37?/m1/s1. The van der Waals surface area contributed by atoms with Gasteiger partial charge in [-0.25, -0.2) is 0 Å². The van der Waals surface area contributed by atoms with Crippen LogP contribution in [-0.2, 0) is 42.7 Å². The number of likely N-dealkylation sites (N-methyl/N-ethyl adjacent to an activating group) is 1. The number of cyclic esters (lactones) is 1. The number of aliphatic hydroxyl groups is 5. The zero-order valence-electron chi connectivity index (χ0n) is 33.0. The Balaban J connectivity index is 1.86. The predicted octanol–water partition coefficient (Wildman–Crippen LogP) is 1.12.